The Labute approximate surface area is 94.2 Å². The van der Waals surface area contributed by atoms with E-state index in [1.54, 1.807) is 6.07 Å². The first-order valence-corrected chi connectivity index (χ1v) is 5.19. The Balaban J connectivity index is 2.59. The molecule has 0 spiro atoms. The Hall–Kier alpha value is -1.90. The highest BCUT2D eigenvalue weighted by Gasteiger charge is 2.27. The number of hydrogen-bond acceptors (Lipinski definition) is 2. The van der Waals surface area contributed by atoms with Crippen molar-refractivity contribution in [2.75, 3.05) is 0 Å². The van der Waals surface area contributed by atoms with E-state index in [0.29, 0.717) is 17.2 Å². The lowest BCUT2D eigenvalue weighted by molar-refractivity contribution is -0.116. The maximum absolute atomic E-state index is 11.6. The molecule has 0 fully saturated rings. The number of benzene rings is 1. The minimum atomic E-state index is -0.602. The van der Waals surface area contributed by atoms with Gasteiger partial charge in [0.15, 0.2) is 0 Å². The lowest BCUT2D eigenvalue weighted by Gasteiger charge is -2.19. The van der Waals surface area contributed by atoms with Gasteiger partial charge in [-0.05, 0) is 23.6 Å². The van der Waals surface area contributed by atoms with Gasteiger partial charge in [-0.15, -0.1) is 0 Å². The maximum Gasteiger partial charge on any atom is 0.296 e. The normalized spacial score (nSPS) is 15.1. The Morgan fingerprint density at radius 3 is 2.50 bits per heavy atom. The van der Waals surface area contributed by atoms with Crippen LogP contribution in [0.15, 0.2) is 24.8 Å². The van der Waals surface area contributed by atoms with Gasteiger partial charge in [0, 0.05) is 16.8 Å². The van der Waals surface area contributed by atoms with Crippen molar-refractivity contribution in [1.29, 1.82) is 0 Å². The zero-order valence-corrected chi connectivity index (χ0v) is 9.33. The highest BCUT2D eigenvalue weighted by Crippen LogP contribution is 2.25. The fraction of sp³-hybridized carbons (Fsp3) is 0.231. The molecule has 0 aromatic heterocycles. The first kappa shape index (κ1) is 10.6. The van der Waals surface area contributed by atoms with E-state index in [-0.39, 0.29) is 0 Å². The first-order chi connectivity index (χ1) is 7.50. The quantitative estimate of drug-likeness (QED) is 0.729. The van der Waals surface area contributed by atoms with Crippen LogP contribution < -0.4 is 5.32 Å². The molecule has 0 saturated heterocycles. The molecule has 1 aromatic carbocycles. The number of hydrogen-bond donors (Lipinski definition) is 1. The van der Waals surface area contributed by atoms with Crippen molar-refractivity contribution in [3.8, 4) is 0 Å². The van der Waals surface area contributed by atoms with Crippen molar-refractivity contribution < 1.29 is 9.59 Å². The zero-order chi connectivity index (χ0) is 11.9. The fourth-order valence-electron chi connectivity index (χ4n) is 1.75. The summed E-state index contributed by atoms with van der Waals surface area (Å²) < 4.78 is 0. The van der Waals surface area contributed by atoms with Crippen LogP contribution in [0.4, 0.5) is 0 Å². The van der Waals surface area contributed by atoms with E-state index in [2.05, 4.69) is 25.7 Å². The van der Waals surface area contributed by atoms with Gasteiger partial charge < -0.3 is 5.32 Å². The van der Waals surface area contributed by atoms with Crippen LogP contribution in [0.1, 0.15) is 41.3 Å². The van der Waals surface area contributed by atoms with Crippen molar-refractivity contribution in [1.82, 2.24) is 5.32 Å². The average Bonchev–Trinajstić information content (AvgIpc) is 2.25. The minimum absolute atomic E-state index is 0.380. The second-order valence-electron chi connectivity index (χ2n) is 4.22. The summed E-state index contributed by atoms with van der Waals surface area (Å²) in [5.74, 6) is -0.710. The van der Waals surface area contributed by atoms with Crippen molar-refractivity contribution in [2.24, 2.45) is 0 Å². The molecular formula is C13H13NO2. The molecule has 3 nitrogen and oxygen atoms in total. The monoisotopic (exact) mass is 215 g/mol. The number of carbonyl (C=O) groups excluding carboxylic acids is 2. The van der Waals surface area contributed by atoms with Gasteiger partial charge in [-0.2, -0.15) is 0 Å². The predicted octanol–water partition coefficient (Wildman–Crippen LogP) is 2.09. The molecule has 1 amide bonds. The number of fused-ring (bicyclic) bond motifs is 1. The molecule has 1 aliphatic rings. The number of amides is 1. The highest BCUT2D eigenvalue weighted by molar-refractivity contribution is 6.46. The van der Waals surface area contributed by atoms with E-state index in [0.717, 1.165) is 11.1 Å². The molecular weight excluding hydrogens is 202 g/mol. The third kappa shape index (κ3) is 1.54. The van der Waals surface area contributed by atoms with Crippen LogP contribution in [-0.4, -0.2) is 11.7 Å². The Bertz CT molecular complexity index is 501. The average molecular weight is 215 g/mol. The number of Topliss-reactive ketones (excluding diaryl/α,β-unsaturated/α-hetero) is 1. The standard InChI is InChI=1S/C13H13NO2/c1-7(2)9-4-5-10-11(6-9)8(3)14-13(16)12(10)15/h4-7H,3H2,1-2H3,(H,14,16). The van der Waals surface area contributed by atoms with E-state index < -0.39 is 11.7 Å². The van der Waals surface area contributed by atoms with E-state index in [1.165, 1.54) is 0 Å². The van der Waals surface area contributed by atoms with Gasteiger partial charge in [0.25, 0.3) is 11.7 Å². The Kier molecular flexibility index (Phi) is 2.38. The van der Waals surface area contributed by atoms with E-state index >= 15 is 0 Å². The molecule has 1 aliphatic heterocycles. The molecule has 0 radical (unpaired) electrons. The summed E-state index contributed by atoms with van der Waals surface area (Å²) in [6.07, 6.45) is 0. The summed E-state index contributed by atoms with van der Waals surface area (Å²) >= 11 is 0. The molecule has 1 heterocycles. The molecule has 16 heavy (non-hydrogen) atoms. The fourth-order valence-corrected chi connectivity index (χ4v) is 1.75. The molecule has 1 N–H and O–H groups in total. The molecule has 82 valence electrons. The van der Waals surface area contributed by atoms with Gasteiger partial charge in [0.05, 0.1) is 0 Å². The Morgan fingerprint density at radius 2 is 1.88 bits per heavy atom. The third-order valence-corrected chi connectivity index (χ3v) is 2.75. The second kappa shape index (κ2) is 3.59. The lowest BCUT2D eigenvalue weighted by atomic mass is 9.92. The third-order valence-electron chi connectivity index (χ3n) is 2.75. The molecule has 3 heteroatoms. The predicted molar refractivity (Wildman–Crippen MR) is 62.0 cm³/mol. The molecule has 0 aliphatic carbocycles. The Morgan fingerprint density at radius 1 is 1.19 bits per heavy atom. The van der Waals surface area contributed by atoms with Crippen molar-refractivity contribution >= 4 is 17.4 Å². The van der Waals surface area contributed by atoms with E-state index in [4.69, 9.17) is 0 Å². The van der Waals surface area contributed by atoms with Crippen molar-refractivity contribution in [2.45, 2.75) is 19.8 Å². The van der Waals surface area contributed by atoms with Gasteiger partial charge in [-0.3, -0.25) is 9.59 Å². The summed E-state index contributed by atoms with van der Waals surface area (Å²) in [6, 6.07) is 5.50. The highest BCUT2D eigenvalue weighted by atomic mass is 16.2. The lowest BCUT2D eigenvalue weighted by Crippen LogP contribution is -2.35. The SMILES string of the molecule is C=C1NC(=O)C(=O)c2ccc(C(C)C)cc21. The maximum atomic E-state index is 11.6. The summed E-state index contributed by atoms with van der Waals surface area (Å²) in [5.41, 5.74) is 2.81. The minimum Gasteiger partial charge on any atom is -0.319 e. The number of rotatable bonds is 1. The van der Waals surface area contributed by atoms with Crippen LogP contribution in [0.2, 0.25) is 0 Å². The number of carbonyl (C=O) groups is 2. The molecule has 0 unspecified atom stereocenters. The van der Waals surface area contributed by atoms with Gasteiger partial charge in [-0.25, -0.2) is 0 Å². The summed E-state index contributed by atoms with van der Waals surface area (Å²) in [4.78, 5) is 22.9. The topological polar surface area (TPSA) is 46.2 Å². The van der Waals surface area contributed by atoms with Crippen molar-refractivity contribution in [3.05, 3.63) is 41.5 Å². The molecule has 0 atom stereocenters. The molecule has 1 aromatic rings. The molecule has 0 saturated carbocycles. The van der Waals surface area contributed by atoms with Gasteiger partial charge in [0.2, 0.25) is 0 Å². The summed E-state index contributed by atoms with van der Waals surface area (Å²) in [6.45, 7) is 7.91. The van der Waals surface area contributed by atoms with Crippen LogP contribution in [0.25, 0.3) is 5.70 Å². The van der Waals surface area contributed by atoms with Crippen LogP contribution in [0, 0.1) is 0 Å². The summed E-state index contributed by atoms with van der Waals surface area (Å²) in [5, 5.41) is 2.47. The second-order valence-corrected chi connectivity index (χ2v) is 4.22. The van der Waals surface area contributed by atoms with Crippen molar-refractivity contribution in [3.63, 3.8) is 0 Å². The number of nitrogens with one attached hydrogen (secondary N) is 1. The zero-order valence-electron chi connectivity index (χ0n) is 9.33. The molecule has 0 bridgehead atoms. The van der Waals surface area contributed by atoms with Crippen LogP contribution in [0.3, 0.4) is 0 Å². The van der Waals surface area contributed by atoms with Crippen LogP contribution in [0.5, 0.6) is 0 Å². The van der Waals surface area contributed by atoms with E-state index in [1.807, 2.05) is 12.1 Å². The van der Waals surface area contributed by atoms with Crippen LogP contribution >= 0.6 is 0 Å². The number of ketones is 1. The first-order valence-electron chi connectivity index (χ1n) is 5.19. The van der Waals surface area contributed by atoms with Gasteiger partial charge in [0.1, 0.15) is 0 Å². The van der Waals surface area contributed by atoms with Gasteiger partial charge >= 0.3 is 0 Å². The van der Waals surface area contributed by atoms with E-state index in [9.17, 15) is 9.59 Å². The smallest absolute Gasteiger partial charge is 0.296 e. The largest absolute Gasteiger partial charge is 0.319 e. The molecule has 2 rings (SSSR count). The van der Waals surface area contributed by atoms with Crippen LogP contribution in [-0.2, 0) is 4.79 Å². The van der Waals surface area contributed by atoms with Gasteiger partial charge in [-0.1, -0.05) is 26.5 Å². The summed E-state index contributed by atoms with van der Waals surface area (Å²) in [7, 11) is 0.